The van der Waals surface area contributed by atoms with Gasteiger partial charge in [0.05, 0.1) is 15.5 Å². The Bertz CT molecular complexity index is 867. The van der Waals surface area contributed by atoms with Crippen LogP contribution >= 0.6 is 136 Å². The Labute approximate surface area is 247 Å². The highest BCUT2D eigenvalue weighted by Gasteiger charge is 2.21. The van der Waals surface area contributed by atoms with E-state index in [1.165, 1.54) is 50.0 Å². The van der Waals surface area contributed by atoms with Crippen LogP contribution < -0.4 is 5.46 Å². The topological polar surface area (TPSA) is 0 Å². The minimum Gasteiger partial charge on any atom is -0.0709 e. The number of halogens is 6. The van der Waals surface area contributed by atoms with Gasteiger partial charge in [-0.05, 0) is 203 Å². The van der Waals surface area contributed by atoms with Gasteiger partial charge in [-0.15, -0.1) is 0 Å². The zero-order chi connectivity index (χ0) is 20.6. The molecule has 2 aromatic carbocycles. The van der Waals surface area contributed by atoms with Crippen LogP contribution in [0.1, 0.15) is 34.2 Å². The first-order valence-corrected chi connectivity index (χ1v) is 15.3. The molecule has 9 heteroatoms. The lowest BCUT2D eigenvalue weighted by Gasteiger charge is -2.20. The molecule has 0 fully saturated rings. The SMILES string of the molecule is BB(B)c1c(I)c(C)c(I)c(CCCc2c(I)c(C)c(I)c(C)c2I)c1I. The summed E-state index contributed by atoms with van der Waals surface area (Å²) in [4.78, 5) is 0. The summed E-state index contributed by atoms with van der Waals surface area (Å²) in [5.41, 5.74) is 8.99. The van der Waals surface area contributed by atoms with Crippen molar-refractivity contribution in [2.24, 2.45) is 0 Å². The molecule has 0 aromatic heterocycles. The Morgan fingerprint density at radius 1 is 0.593 bits per heavy atom. The summed E-state index contributed by atoms with van der Waals surface area (Å²) in [6.45, 7) is 7.38. The maximum atomic E-state index is 2.59. The molecule has 0 saturated carbocycles. The molecule has 142 valence electrons. The van der Waals surface area contributed by atoms with Gasteiger partial charge in [0, 0.05) is 21.4 Å². The molecule has 0 aliphatic carbocycles. The van der Waals surface area contributed by atoms with Crippen molar-refractivity contribution in [3.05, 3.63) is 49.2 Å². The lowest BCUT2D eigenvalue weighted by atomic mass is 9.17. The third-order valence-corrected chi connectivity index (χ3v) is 13.6. The molecule has 0 nitrogen and oxygen atoms in total. The molecule has 0 amide bonds. The highest BCUT2D eigenvalue weighted by Crippen LogP contribution is 2.33. The average Bonchev–Trinajstić information content (AvgIpc) is 2.61. The van der Waals surface area contributed by atoms with Crippen LogP contribution in [0.2, 0.25) is 0 Å². The summed E-state index contributed by atoms with van der Waals surface area (Å²) < 4.78 is 8.74. The predicted molar refractivity (Wildman–Crippen MR) is 178 cm³/mol. The van der Waals surface area contributed by atoms with Crippen LogP contribution in [-0.4, -0.2) is 22.0 Å². The first-order chi connectivity index (χ1) is 12.5. The van der Waals surface area contributed by atoms with Crippen LogP contribution in [0.25, 0.3) is 0 Å². The van der Waals surface area contributed by atoms with Crippen molar-refractivity contribution in [1.29, 1.82) is 0 Å². The van der Waals surface area contributed by atoms with Crippen molar-refractivity contribution in [3.63, 3.8) is 0 Å². The van der Waals surface area contributed by atoms with Gasteiger partial charge < -0.3 is 0 Å². The molecule has 0 bridgehead atoms. The van der Waals surface area contributed by atoms with E-state index >= 15 is 0 Å². The molecule has 0 atom stereocenters. The van der Waals surface area contributed by atoms with Crippen LogP contribution in [0.5, 0.6) is 0 Å². The number of benzene rings is 2. The fourth-order valence-electron chi connectivity index (χ4n) is 3.29. The Morgan fingerprint density at radius 2 is 0.963 bits per heavy atom. The zero-order valence-electron chi connectivity index (χ0n) is 16.0. The fraction of sp³-hybridized carbons (Fsp3) is 0.333. The second-order valence-corrected chi connectivity index (χ2v) is 13.6. The van der Waals surface area contributed by atoms with E-state index in [0.29, 0.717) is 6.49 Å². The monoisotopic (exact) mass is 1030 g/mol. The molecule has 0 N–H and O–H groups in total. The third-order valence-electron chi connectivity index (χ3n) is 4.94. The van der Waals surface area contributed by atoms with Gasteiger partial charge >= 0.3 is 0 Å². The van der Waals surface area contributed by atoms with Crippen molar-refractivity contribution in [3.8, 4) is 0 Å². The van der Waals surface area contributed by atoms with Crippen LogP contribution in [0.15, 0.2) is 0 Å². The van der Waals surface area contributed by atoms with E-state index in [2.05, 4.69) is 172 Å². The van der Waals surface area contributed by atoms with Gasteiger partial charge in [-0.3, -0.25) is 0 Å². The molecule has 0 saturated heterocycles. The largest absolute Gasteiger partial charge is 0.103 e. The second kappa shape index (κ2) is 11.2. The van der Waals surface area contributed by atoms with Crippen molar-refractivity contribution in [2.45, 2.75) is 40.0 Å². The minimum absolute atomic E-state index is 0.571. The van der Waals surface area contributed by atoms with E-state index < -0.39 is 0 Å². The molecule has 2 rings (SSSR count). The standard InChI is InChI=1S/C18H19B3I6/c1-7-13(22)8(2)15(24)10(14(7)23)5-4-6-11-16(25)9(3)17(26)12(18(11)27)21(19)20/h4-6,19-20H2,1-3H3. The van der Waals surface area contributed by atoms with Gasteiger partial charge in [0.15, 0.2) is 0 Å². The normalized spacial score (nSPS) is 11.1. The Morgan fingerprint density at radius 3 is 1.37 bits per heavy atom. The quantitative estimate of drug-likeness (QED) is 0.280. The number of hydrogen-bond donors (Lipinski definition) is 0. The van der Waals surface area contributed by atoms with Gasteiger partial charge in [0.2, 0.25) is 0 Å². The maximum absolute atomic E-state index is 2.59. The molecular weight excluding hydrogens is 1010 g/mol. The van der Waals surface area contributed by atoms with E-state index in [-0.39, 0.29) is 0 Å². The first-order valence-electron chi connectivity index (χ1n) is 8.78. The van der Waals surface area contributed by atoms with E-state index in [9.17, 15) is 0 Å². The Hall–Kier alpha value is 3.01. The van der Waals surface area contributed by atoms with Crippen molar-refractivity contribution >= 4 is 163 Å². The van der Waals surface area contributed by atoms with Gasteiger partial charge in [0.1, 0.15) is 6.49 Å². The van der Waals surface area contributed by atoms with Crippen LogP contribution in [0.3, 0.4) is 0 Å². The van der Waals surface area contributed by atoms with E-state index in [1.54, 1.807) is 11.1 Å². The Kier molecular flexibility index (Phi) is 10.9. The fourth-order valence-corrected chi connectivity index (χ4v) is 11.9. The van der Waals surface area contributed by atoms with E-state index in [0.717, 1.165) is 12.8 Å². The molecule has 0 aliphatic heterocycles. The van der Waals surface area contributed by atoms with Gasteiger partial charge in [0.25, 0.3) is 0 Å². The van der Waals surface area contributed by atoms with Crippen LogP contribution in [-0.2, 0) is 12.8 Å². The molecule has 0 heterocycles. The lowest BCUT2D eigenvalue weighted by molar-refractivity contribution is 0.805. The maximum Gasteiger partial charge on any atom is 0.103 e. The molecule has 0 aliphatic rings. The summed E-state index contributed by atoms with van der Waals surface area (Å²) >= 11 is 15.3. The first kappa shape index (κ1) is 26.3. The Balaban J connectivity index is 2.35. The molecule has 27 heavy (non-hydrogen) atoms. The third kappa shape index (κ3) is 5.69. The second-order valence-electron chi connectivity index (χ2n) is 7.14. The number of rotatable bonds is 5. The van der Waals surface area contributed by atoms with Crippen LogP contribution in [0, 0.1) is 42.2 Å². The van der Waals surface area contributed by atoms with Crippen molar-refractivity contribution in [2.75, 3.05) is 0 Å². The summed E-state index contributed by atoms with van der Waals surface area (Å²) in [5, 5.41) is 0. The molecule has 0 radical (unpaired) electrons. The van der Waals surface area contributed by atoms with Crippen molar-refractivity contribution in [1.82, 2.24) is 0 Å². The molecule has 0 spiro atoms. The van der Waals surface area contributed by atoms with Gasteiger partial charge in [-0.2, -0.15) is 0 Å². The summed E-state index contributed by atoms with van der Waals surface area (Å²) in [6, 6.07) is 0. The van der Waals surface area contributed by atoms with E-state index in [1.807, 2.05) is 0 Å². The highest BCUT2D eigenvalue weighted by molar-refractivity contribution is 14.1. The molecular formula is C18H19B3I6. The summed E-state index contributed by atoms with van der Waals surface area (Å²) in [5.74, 6) is 0. The van der Waals surface area contributed by atoms with Crippen molar-refractivity contribution < 1.29 is 0 Å². The molecule has 0 unspecified atom stereocenters. The van der Waals surface area contributed by atoms with E-state index in [4.69, 9.17) is 0 Å². The lowest BCUT2D eigenvalue weighted by Crippen LogP contribution is -2.38. The van der Waals surface area contributed by atoms with Gasteiger partial charge in [-0.1, -0.05) is 5.46 Å². The highest BCUT2D eigenvalue weighted by atomic mass is 127. The van der Waals surface area contributed by atoms with Crippen LogP contribution in [0.4, 0.5) is 0 Å². The number of hydrogen-bond acceptors (Lipinski definition) is 0. The molecule has 2 aromatic rings. The minimum atomic E-state index is 0.571. The summed E-state index contributed by atoms with van der Waals surface area (Å²) in [7, 11) is 4.63. The van der Waals surface area contributed by atoms with Gasteiger partial charge in [-0.25, -0.2) is 0 Å². The predicted octanol–water partition coefficient (Wildman–Crippen LogP) is 5.38. The smallest absolute Gasteiger partial charge is 0.0709 e. The average molecular weight is 1030 g/mol. The summed E-state index contributed by atoms with van der Waals surface area (Å²) in [6.07, 6.45) is 3.52. The zero-order valence-corrected chi connectivity index (χ0v) is 28.9.